The summed E-state index contributed by atoms with van der Waals surface area (Å²) >= 11 is 0. The Kier molecular flexibility index (Phi) is 43.5. The van der Waals surface area contributed by atoms with E-state index in [1.165, 1.54) is 5.57 Å². The second kappa shape index (κ2) is 18.5. The molecule has 0 saturated heterocycles. The average molecular weight is 200 g/mol. The van der Waals surface area contributed by atoms with Crippen LogP contribution in [0.5, 0.6) is 0 Å². The Balaban J connectivity index is -0.0000000120. The first-order valence-electron chi connectivity index (χ1n) is 2.62. The van der Waals surface area contributed by atoms with E-state index in [9.17, 15) is 0 Å². The third kappa shape index (κ3) is 14.3. The SMILES string of the molecule is C=CC(=CC)CC.[H-].[H-].[H-].[K+].[K+].[Na+]. The molecule has 0 fully saturated rings. The summed E-state index contributed by atoms with van der Waals surface area (Å²) in [5.74, 6) is 0. The van der Waals surface area contributed by atoms with Gasteiger partial charge in [0, 0.05) is 0 Å². The van der Waals surface area contributed by atoms with Gasteiger partial charge < -0.3 is 4.28 Å². The van der Waals surface area contributed by atoms with Crippen molar-refractivity contribution in [3.05, 3.63) is 24.3 Å². The maximum absolute atomic E-state index is 3.63. The summed E-state index contributed by atoms with van der Waals surface area (Å²) in [6.45, 7) is 7.78. The summed E-state index contributed by atoms with van der Waals surface area (Å²) < 4.78 is 0. The van der Waals surface area contributed by atoms with Crippen molar-refractivity contribution in [3.8, 4) is 0 Å². The third-order valence-corrected chi connectivity index (χ3v) is 1.04. The van der Waals surface area contributed by atoms with Crippen LogP contribution in [0.2, 0.25) is 0 Å². The molecule has 0 unspecified atom stereocenters. The molecule has 0 heterocycles. The predicted octanol–water partition coefficient (Wildman–Crippen LogP) is -6.12. The number of hydrogen-bond acceptors (Lipinski definition) is 0. The van der Waals surface area contributed by atoms with Crippen LogP contribution in [0.15, 0.2) is 24.3 Å². The van der Waals surface area contributed by atoms with Crippen molar-refractivity contribution >= 4 is 0 Å². The first kappa shape index (κ1) is 23.5. The zero-order valence-corrected chi connectivity index (χ0v) is 16.3. The Morgan fingerprint density at radius 2 is 1.90 bits per heavy atom. The first-order valence-corrected chi connectivity index (χ1v) is 2.62. The van der Waals surface area contributed by atoms with E-state index in [0.29, 0.717) is 0 Å². The zero-order chi connectivity index (χ0) is 5.70. The predicted molar refractivity (Wildman–Crippen MR) is 37.6 cm³/mol. The number of rotatable bonds is 2. The summed E-state index contributed by atoms with van der Waals surface area (Å²) in [5.41, 5.74) is 1.32. The van der Waals surface area contributed by atoms with Crippen molar-refractivity contribution in [2.24, 2.45) is 0 Å². The normalized spacial score (nSPS) is 8.00. The van der Waals surface area contributed by atoms with Crippen molar-refractivity contribution in [2.75, 3.05) is 0 Å². The van der Waals surface area contributed by atoms with Gasteiger partial charge in [0.15, 0.2) is 0 Å². The molecule has 0 N–H and O–H groups in total. The summed E-state index contributed by atoms with van der Waals surface area (Å²) in [5, 5.41) is 0. The van der Waals surface area contributed by atoms with Crippen LogP contribution in [-0.4, -0.2) is 0 Å². The van der Waals surface area contributed by atoms with Crippen LogP contribution in [0.25, 0.3) is 0 Å². The molecule has 0 atom stereocenters. The van der Waals surface area contributed by atoms with Crippen LogP contribution in [-0.2, 0) is 0 Å². The van der Waals surface area contributed by atoms with Gasteiger partial charge in [-0.3, -0.25) is 0 Å². The molecular formula is C7H15K2Na. The van der Waals surface area contributed by atoms with E-state index in [-0.39, 0.29) is 137 Å². The zero-order valence-electron chi connectivity index (χ0n) is 11.1. The van der Waals surface area contributed by atoms with Gasteiger partial charge >= 0.3 is 132 Å². The molecule has 0 bridgehead atoms. The molecule has 0 amide bonds. The molecule has 0 saturated carbocycles. The summed E-state index contributed by atoms with van der Waals surface area (Å²) in [4.78, 5) is 0. The van der Waals surface area contributed by atoms with Crippen molar-refractivity contribution in [1.29, 1.82) is 0 Å². The van der Waals surface area contributed by atoms with Crippen LogP contribution in [0.3, 0.4) is 0 Å². The molecular weight excluding hydrogens is 185 g/mol. The van der Waals surface area contributed by atoms with Gasteiger partial charge in [-0.05, 0) is 13.3 Å². The Hall–Kier alpha value is 3.75. The van der Waals surface area contributed by atoms with E-state index >= 15 is 0 Å². The van der Waals surface area contributed by atoms with E-state index in [1.807, 2.05) is 13.0 Å². The molecule has 0 nitrogen and oxygen atoms in total. The second-order valence-electron chi connectivity index (χ2n) is 1.42. The number of hydrogen-bond donors (Lipinski definition) is 0. The van der Waals surface area contributed by atoms with Gasteiger partial charge in [-0.2, -0.15) is 0 Å². The van der Waals surface area contributed by atoms with E-state index in [4.69, 9.17) is 0 Å². The Bertz CT molecular complexity index is 99.7. The van der Waals surface area contributed by atoms with Crippen molar-refractivity contribution in [2.45, 2.75) is 20.3 Å². The van der Waals surface area contributed by atoms with Crippen LogP contribution in [0, 0.1) is 0 Å². The van der Waals surface area contributed by atoms with Crippen LogP contribution < -0.4 is 132 Å². The molecule has 10 heavy (non-hydrogen) atoms. The molecule has 46 valence electrons. The van der Waals surface area contributed by atoms with Crippen LogP contribution in [0.4, 0.5) is 0 Å². The molecule has 0 aliphatic carbocycles. The van der Waals surface area contributed by atoms with Gasteiger partial charge in [0.1, 0.15) is 0 Å². The molecule has 3 heteroatoms. The smallest absolute Gasteiger partial charge is 1.00 e. The molecule has 0 aromatic rings. The summed E-state index contributed by atoms with van der Waals surface area (Å²) in [6, 6.07) is 0. The molecule has 0 radical (unpaired) electrons. The van der Waals surface area contributed by atoms with E-state index in [0.717, 1.165) is 6.42 Å². The minimum Gasteiger partial charge on any atom is -1.00 e. The molecule has 0 rings (SSSR count). The third-order valence-electron chi connectivity index (χ3n) is 1.04. The van der Waals surface area contributed by atoms with E-state index < -0.39 is 0 Å². The average Bonchev–Trinajstić information content (AvgIpc) is 1.72. The Labute approximate surface area is 176 Å². The van der Waals surface area contributed by atoms with Gasteiger partial charge in [0.05, 0.1) is 0 Å². The standard InChI is InChI=1S/C7H12.2K.Na.3H/c1-4-7(5-2)6-3;;;;;;/h4-5H,1,6H2,2-3H3;;;;;;/q;3*+1;3*-1. The van der Waals surface area contributed by atoms with E-state index in [2.05, 4.69) is 19.6 Å². The van der Waals surface area contributed by atoms with Crippen molar-refractivity contribution < 1.29 is 137 Å². The fourth-order valence-corrected chi connectivity index (χ4v) is 0.466. The molecule has 0 aromatic heterocycles. The largest absolute Gasteiger partial charge is 1.00 e. The summed E-state index contributed by atoms with van der Waals surface area (Å²) in [6.07, 6.45) is 5.06. The van der Waals surface area contributed by atoms with Gasteiger partial charge in [-0.25, -0.2) is 0 Å². The first-order chi connectivity index (χ1) is 3.35. The van der Waals surface area contributed by atoms with Gasteiger partial charge in [-0.1, -0.05) is 31.2 Å². The van der Waals surface area contributed by atoms with Crippen molar-refractivity contribution in [1.82, 2.24) is 0 Å². The van der Waals surface area contributed by atoms with Crippen LogP contribution in [0.1, 0.15) is 24.5 Å². The maximum Gasteiger partial charge on any atom is 1.00 e. The second-order valence-corrected chi connectivity index (χ2v) is 1.42. The quantitative estimate of drug-likeness (QED) is 0.307. The van der Waals surface area contributed by atoms with Crippen molar-refractivity contribution in [3.63, 3.8) is 0 Å². The minimum absolute atomic E-state index is 0. The number of allylic oxidation sites excluding steroid dienone is 3. The summed E-state index contributed by atoms with van der Waals surface area (Å²) in [7, 11) is 0. The molecule has 0 aliphatic heterocycles. The van der Waals surface area contributed by atoms with Gasteiger partial charge in [-0.15, -0.1) is 0 Å². The van der Waals surface area contributed by atoms with Gasteiger partial charge in [0.25, 0.3) is 0 Å². The molecule has 0 spiro atoms. The monoisotopic (exact) mass is 200 g/mol. The fourth-order valence-electron chi connectivity index (χ4n) is 0.466. The van der Waals surface area contributed by atoms with Gasteiger partial charge in [0.2, 0.25) is 0 Å². The topological polar surface area (TPSA) is 0 Å². The Morgan fingerprint density at radius 1 is 1.50 bits per heavy atom. The molecule has 0 aromatic carbocycles. The fraction of sp³-hybridized carbons (Fsp3) is 0.429. The van der Waals surface area contributed by atoms with E-state index in [1.54, 1.807) is 0 Å². The Morgan fingerprint density at radius 3 is 1.90 bits per heavy atom. The van der Waals surface area contributed by atoms with Crippen LogP contribution >= 0.6 is 0 Å². The maximum atomic E-state index is 3.63. The minimum atomic E-state index is 0. The molecule has 0 aliphatic rings.